The monoisotopic (exact) mass is 725 g/mol. The predicted molar refractivity (Wildman–Crippen MR) is 197 cm³/mol. The first-order valence-corrected chi connectivity index (χ1v) is 17.9. The van der Waals surface area contributed by atoms with Gasteiger partial charge in [-0.2, -0.15) is 5.26 Å². The van der Waals surface area contributed by atoms with Gasteiger partial charge in [0.2, 0.25) is 5.91 Å². The highest BCUT2D eigenvalue weighted by Gasteiger charge is 2.29. The summed E-state index contributed by atoms with van der Waals surface area (Å²) in [6.45, 7) is 4.05. The van der Waals surface area contributed by atoms with Gasteiger partial charge in [0, 0.05) is 24.6 Å². The fraction of sp³-hybridized carbons (Fsp3) is 0.341. The number of carbonyl (C=O) groups excluding carboxylic acids is 1. The van der Waals surface area contributed by atoms with Crippen molar-refractivity contribution in [3.8, 4) is 34.4 Å². The van der Waals surface area contributed by atoms with Crippen molar-refractivity contribution in [1.29, 1.82) is 5.26 Å². The number of benzene rings is 4. The maximum absolute atomic E-state index is 12.0. The maximum Gasteiger partial charge on any atom is 0.320 e. The summed E-state index contributed by atoms with van der Waals surface area (Å²) < 4.78 is 18.6. The minimum absolute atomic E-state index is 0.208. The summed E-state index contributed by atoms with van der Waals surface area (Å²) in [5.41, 5.74) is 7.85. The topological polar surface area (TPSA) is 141 Å². The molecule has 0 unspecified atom stereocenters. The molecule has 0 saturated carbocycles. The van der Waals surface area contributed by atoms with Crippen LogP contribution in [0.25, 0.3) is 11.1 Å². The second kappa shape index (κ2) is 19.0. The number of hydrogen-bond donors (Lipinski definition) is 3. The van der Waals surface area contributed by atoms with Crippen LogP contribution in [-0.4, -0.2) is 46.3 Å². The van der Waals surface area contributed by atoms with E-state index in [9.17, 15) is 20.0 Å². The Labute approximate surface area is 309 Å². The number of carboxylic acids is 1. The Kier molecular flexibility index (Phi) is 13.9. The van der Waals surface area contributed by atoms with Crippen LogP contribution in [-0.2, 0) is 29.3 Å². The molecule has 1 amide bonds. The standard InChI is InChI=1S/C41H44ClN3O7/c1-28-32(13-9-15-35(28)31-12-8-14-34(21-31)50-19-6-2-3-17-40(46)44-49)27-52-39-23-38(51-26-30-11-7-10-29(20-30)24-43)33(22-36(39)42)25-45-18-5-4-16-37(45)41(47)48/h7-15,20-23,37,49H,2-6,16-19,25-27H2,1H3,(H,44,46)(H,47,48)/t37-/m1/s1. The van der Waals surface area contributed by atoms with E-state index in [1.807, 2.05) is 53.4 Å². The van der Waals surface area contributed by atoms with Crippen molar-refractivity contribution in [2.75, 3.05) is 13.2 Å². The molecule has 4 aromatic carbocycles. The van der Waals surface area contributed by atoms with Crippen LogP contribution in [0, 0.1) is 18.3 Å². The molecule has 1 aliphatic rings. The number of halogens is 1. The Balaban J connectivity index is 1.30. The molecule has 1 heterocycles. The van der Waals surface area contributed by atoms with Crippen LogP contribution in [0.1, 0.15) is 72.8 Å². The van der Waals surface area contributed by atoms with Crippen LogP contribution >= 0.6 is 11.6 Å². The molecule has 3 N–H and O–H groups in total. The second-order valence-electron chi connectivity index (χ2n) is 12.9. The first kappa shape index (κ1) is 38.2. The molecule has 1 aliphatic heterocycles. The van der Waals surface area contributed by atoms with E-state index in [4.69, 9.17) is 31.0 Å². The molecule has 4 aromatic rings. The zero-order valence-corrected chi connectivity index (χ0v) is 30.0. The van der Waals surface area contributed by atoms with E-state index < -0.39 is 12.0 Å². The number of nitriles is 1. The Bertz CT molecular complexity index is 1890. The van der Waals surface area contributed by atoms with Gasteiger partial charge in [0.15, 0.2) is 0 Å². The molecule has 0 bridgehead atoms. The molecule has 0 aliphatic carbocycles. The molecule has 0 radical (unpaired) electrons. The van der Waals surface area contributed by atoms with Crippen molar-refractivity contribution in [2.45, 2.75) is 77.7 Å². The minimum atomic E-state index is -0.836. The molecule has 10 nitrogen and oxygen atoms in total. The molecule has 272 valence electrons. The van der Waals surface area contributed by atoms with E-state index >= 15 is 0 Å². The number of carbonyl (C=O) groups is 2. The quantitative estimate of drug-likeness (QED) is 0.0558. The zero-order chi connectivity index (χ0) is 36.9. The highest BCUT2D eigenvalue weighted by molar-refractivity contribution is 6.32. The van der Waals surface area contributed by atoms with Gasteiger partial charge in [-0.3, -0.25) is 19.7 Å². The Hall–Kier alpha value is -5.08. The SMILES string of the molecule is Cc1c(COc2cc(OCc3cccc(C#N)c3)c(CN3CCCC[C@@H]3C(=O)O)cc2Cl)cccc1-c1cccc(OCCCCCC(=O)NO)c1. The van der Waals surface area contributed by atoms with Crippen molar-refractivity contribution in [3.05, 3.63) is 112 Å². The maximum atomic E-state index is 12.0. The van der Waals surface area contributed by atoms with Crippen molar-refractivity contribution in [3.63, 3.8) is 0 Å². The van der Waals surface area contributed by atoms with E-state index in [-0.39, 0.29) is 25.5 Å². The molecule has 0 spiro atoms. The average molecular weight is 726 g/mol. The van der Waals surface area contributed by atoms with Crippen LogP contribution in [0.5, 0.6) is 17.2 Å². The summed E-state index contributed by atoms with van der Waals surface area (Å²) in [5, 5.41) is 28.2. The number of unbranched alkanes of at least 4 members (excludes halogenated alkanes) is 2. The van der Waals surface area contributed by atoms with Crippen LogP contribution in [0.15, 0.2) is 78.9 Å². The largest absolute Gasteiger partial charge is 0.494 e. The van der Waals surface area contributed by atoms with Gasteiger partial charge >= 0.3 is 5.97 Å². The number of hydroxylamine groups is 1. The Morgan fingerprint density at radius 2 is 1.73 bits per heavy atom. The number of amides is 1. The fourth-order valence-corrected chi connectivity index (χ4v) is 6.63. The average Bonchev–Trinajstić information content (AvgIpc) is 3.16. The summed E-state index contributed by atoms with van der Waals surface area (Å²) in [4.78, 5) is 25.2. The van der Waals surface area contributed by atoms with Gasteiger partial charge in [0.05, 0.1) is 23.3 Å². The summed E-state index contributed by atoms with van der Waals surface area (Å²) >= 11 is 6.82. The number of rotatable bonds is 17. The highest BCUT2D eigenvalue weighted by atomic mass is 35.5. The first-order valence-electron chi connectivity index (χ1n) is 17.5. The minimum Gasteiger partial charge on any atom is -0.494 e. The fourth-order valence-electron chi connectivity index (χ4n) is 6.39. The number of carboxylic acid groups (broad SMARTS) is 1. The van der Waals surface area contributed by atoms with Crippen LogP contribution in [0.4, 0.5) is 0 Å². The number of nitrogens with zero attached hydrogens (tertiary/aromatic N) is 2. The third kappa shape index (κ3) is 10.5. The molecule has 0 aromatic heterocycles. The van der Waals surface area contributed by atoms with Crippen LogP contribution < -0.4 is 19.7 Å². The number of piperidine rings is 1. The Morgan fingerprint density at radius 3 is 2.54 bits per heavy atom. The van der Waals surface area contributed by atoms with Crippen molar-refractivity contribution in [1.82, 2.24) is 10.4 Å². The lowest BCUT2D eigenvalue weighted by Crippen LogP contribution is -2.44. The lowest BCUT2D eigenvalue weighted by atomic mass is 9.96. The number of aliphatic carboxylic acids is 1. The molecule has 1 fully saturated rings. The van der Waals surface area contributed by atoms with E-state index in [0.717, 1.165) is 64.8 Å². The highest BCUT2D eigenvalue weighted by Crippen LogP contribution is 2.36. The zero-order valence-electron chi connectivity index (χ0n) is 29.3. The first-order chi connectivity index (χ1) is 25.2. The van der Waals surface area contributed by atoms with Gasteiger partial charge in [-0.1, -0.05) is 60.5 Å². The molecule has 5 rings (SSSR count). The summed E-state index contributed by atoms with van der Waals surface area (Å²) in [7, 11) is 0. The molecule has 1 atom stereocenters. The second-order valence-corrected chi connectivity index (χ2v) is 13.3. The Morgan fingerprint density at radius 1 is 0.923 bits per heavy atom. The molecule has 52 heavy (non-hydrogen) atoms. The van der Waals surface area contributed by atoms with Crippen LogP contribution in [0.3, 0.4) is 0 Å². The number of hydrogen-bond acceptors (Lipinski definition) is 8. The lowest BCUT2D eigenvalue weighted by molar-refractivity contribution is -0.144. The van der Waals surface area contributed by atoms with Gasteiger partial charge in [-0.15, -0.1) is 0 Å². The van der Waals surface area contributed by atoms with Crippen molar-refractivity contribution >= 4 is 23.5 Å². The predicted octanol–water partition coefficient (Wildman–Crippen LogP) is 8.23. The summed E-state index contributed by atoms with van der Waals surface area (Å²) in [6, 6.07) is 26.4. The summed E-state index contributed by atoms with van der Waals surface area (Å²) in [5.74, 6) is 0.514. The van der Waals surface area contributed by atoms with Gasteiger partial charge in [0.1, 0.15) is 36.5 Å². The van der Waals surface area contributed by atoms with E-state index in [1.165, 1.54) is 0 Å². The van der Waals surface area contributed by atoms with Crippen molar-refractivity contribution < 1.29 is 34.1 Å². The lowest BCUT2D eigenvalue weighted by Gasteiger charge is -2.33. The third-order valence-electron chi connectivity index (χ3n) is 9.25. The number of nitrogens with one attached hydrogen (secondary N) is 1. The van der Waals surface area contributed by atoms with Crippen LogP contribution in [0.2, 0.25) is 5.02 Å². The molecular weight excluding hydrogens is 682 g/mol. The van der Waals surface area contributed by atoms with E-state index in [1.54, 1.807) is 29.7 Å². The molecule has 11 heteroatoms. The third-order valence-corrected chi connectivity index (χ3v) is 9.55. The van der Waals surface area contributed by atoms with Crippen molar-refractivity contribution in [2.24, 2.45) is 0 Å². The van der Waals surface area contributed by atoms with Gasteiger partial charge in [-0.05, 0) is 104 Å². The number of ether oxygens (including phenoxy) is 3. The van der Waals surface area contributed by atoms with E-state index in [2.05, 4.69) is 19.1 Å². The molecule has 1 saturated heterocycles. The van der Waals surface area contributed by atoms with E-state index in [0.29, 0.717) is 54.6 Å². The number of likely N-dealkylation sites (tertiary alicyclic amines) is 1. The van der Waals surface area contributed by atoms with Gasteiger partial charge in [0.25, 0.3) is 0 Å². The summed E-state index contributed by atoms with van der Waals surface area (Å²) in [6.07, 6.45) is 4.94. The van der Waals surface area contributed by atoms with Gasteiger partial charge < -0.3 is 19.3 Å². The molecular formula is C41H44ClN3O7. The smallest absolute Gasteiger partial charge is 0.320 e. The van der Waals surface area contributed by atoms with Gasteiger partial charge in [-0.25, -0.2) is 5.48 Å². The normalized spacial score (nSPS) is 14.3.